The first-order valence-electron chi connectivity index (χ1n) is 7.16. The summed E-state index contributed by atoms with van der Waals surface area (Å²) < 4.78 is 5.68. The maximum Gasteiger partial charge on any atom is 0.119 e. The minimum absolute atomic E-state index is 0.203. The van der Waals surface area contributed by atoms with Crippen molar-refractivity contribution in [1.29, 1.82) is 0 Å². The van der Waals surface area contributed by atoms with Gasteiger partial charge in [-0.25, -0.2) is 0 Å². The largest absolute Gasteiger partial charge is 0.494 e. The van der Waals surface area contributed by atoms with Crippen LogP contribution in [-0.4, -0.2) is 6.61 Å². The van der Waals surface area contributed by atoms with Gasteiger partial charge in [-0.2, -0.15) is 0 Å². The third-order valence-electron chi connectivity index (χ3n) is 3.44. The number of hydrogen-bond donors (Lipinski definition) is 0. The quantitative estimate of drug-likeness (QED) is 0.606. The second-order valence-corrected chi connectivity index (χ2v) is 6.09. The van der Waals surface area contributed by atoms with E-state index in [-0.39, 0.29) is 5.38 Å². The van der Waals surface area contributed by atoms with E-state index in [9.17, 15) is 0 Å². The first-order chi connectivity index (χ1) is 10.0. The fourth-order valence-electron chi connectivity index (χ4n) is 2.24. The van der Waals surface area contributed by atoms with Crippen LogP contribution in [0.15, 0.2) is 36.4 Å². The topological polar surface area (TPSA) is 9.23 Å². The maximum atomic E-state index is 6.67. The van der Waals surface area contributed by atoms with Gasteiger partial charge in [0.2, 0.25) is 0 Å². The number of halogens is 2. The lowest BCUT2D eigenvalue weighted by Gasteiger charge is -2.16. The molecular weight excluding hydrogens is 303 g/mol. The molecule has 0 saturated carbocycles. The number of ether oxygens (including phenoxy) is 1. The van der Waals surface area contributed by atoms with Gasteiger partial charge in [-0.3, -0.25) is 0 Å². The third-order valence-corrected chi connectivity index (χ3v) is 4.34. The van der Waals surface area contributed by atoms with Crippen molar-refractivity contribution in [1.82, 2.24) is 0 Å². The number of rotatable bonds is 5. The van der Waals surface area contributed by atoms with Crippen LogP contribution >= 0.6 is 23.2 Å². The maximum absolute atomic E-state index is 6.67. The van der Waals surface area contributed by atoms with Crippen LogP contribution in [0, 0.1) is 13.8 Å². The predicted octanol–water partition coefficient (Wildman–Crippen LogP) is 6.07. The van der Waals surface area contributed by atoms with Crippen molar-refractivity contribution < 1.29 is 4.74 Å². The van der Waals surface area contributed by atoms with Crippen LogP contribution in [0.3, 0.4) is 0 Å². The normalized spacial score (nSPS) is 12.2. The fourth-order valence-corrected chi connectivity index (χ4v) is 2.83. The summed E-state index contributed by atoms with van der Waals surface area (Å²) >= 11 is 12.8. The molecule has 0 aromatic heterocycles. The number of benzene rings is 2. The van der Waals surface area contributed by atoms with E-state index in [4.69, 9.17) is 27.9 Å². The third kappa shape index (κ3) is 3.93. The van der Waals surface area contributed by atoms with Crippen LogP contribution in [0.1, 0.15) is 41.0 Å². The van der Waals surface area contributed by atoms with Crippen molar-refractivity contribution in [2.75, 3.05) is 6.61 Å². The van der Waals surface area contributed by atoms with E-state index >= 15 is 0 Å². The van der Waals surface area contributed by atoms with Crippen molar-refractivity contribution >= 4 is 23.2 Å². The van der Waals surface area contributed by atoms with Crippen LogP contribution in [0.2, 0.25) is 5.02 Å². The molecule has 0 N–H and O–H groups in total. The van der Waals surface area contributed by atoms with Gasteiger partial charge in [0.05, 0.1) is 12.0 Å². The number of alkyl halides is 1. The van der Waals surface area contributed by atoms with Gasteiger partial charge in [-0.05, 0) is 60.7 Å². The highest BCUT2D eigenvalue weighted by atomic mass is 35.5. The Kier molecular flexibility index (Phi) is 5.55. The van der Waals surface area contributed by atoms with Gasteiger partial charge in [0, 0.05) is 5.02 Å². The smallest absolute Gasteiger partial charge is 0.119 e. The van der Waals surface area contributed by atoms with E-state index in [2.05, 4.69) is 13.0 Å². The zero-order chi connectivity index (χ0) is 15.4. The van der Waals surface area contributed by atoms with E-state index in [0.29, 0.717) is 0 Å². The van der Waals surface area contributed by atoms with Crippen molar-refractivity contribution in [2.45, 2.75) is 32.6 Å². The van der Waals surface area contributed by atoms with E-state index in [1.807, 2.05) is 44.2 Å². The molecule has 0 radical (unpaired) electrons. The lowest BCUT2D eigenvalue weighted by atomic mass is 9.98. The Bertz CT molecular complexity index is 623. The molecule has 0 fully saturated rings. The molecule has 1 unspecified atom stereocenters. The highest BCUT2D eigenvalue weighted by molar-refractivity contribution is 6.31. The molecule has 2 aromatic rings. The highest BCUT2D eigenvalue weighted by Gasteiger charge is 2.15. The fraction of sp³-hybridized carbons (Fsp3) is 0.333. The summed E-state index contributed by atoms with van der Waals surface area (Å²) in [5.41, 5.74) is 4.27. The number of aryl methyl sites for hydroxylation is 2. The molecule has 0 aliphatic rings. The Morgan fingerprint density at radius 2 is 1.86 bits per heavy atom. The summed E-state index contributed by atoms with van der Waals surface area (Å²) in [4.78, 5) is 0. The van der Waals surface area contributed by atoms with Crippen molar-refractivity contribution in [3.8, 4) is 5.75 Å². The first-order valence-corrected chi connectivity index (χ1v) is 7.97. The van der Waals surface area contributed by atoms with Crippen molar-refractivity contribution in [3.05, 3.63) is 63.7 Å². The van der Waals surface area contributed by atoms with Crippen LogP contribution < -0.4 is 4.74 Å². The van der Waals surface area contributed by atoms with Crippen LogP contribution in [0.25, 0.3) is 0 Å². The summed E-state index contributed by atoms with van der Waals surface area (Å²) in [6.45, 7) is 6.84. The van der Waals surface area contributed by atoms with Gasteiger partial charge >= 0.3 is 0 Å². The molecule has 112 valence electrons. The SMILES string of the molecule is CCCOc1cccc(C(Cl)c2cc(C)c(Cl)cc2C)c1. The van der Waals surface area contributed by atoms with Crippen molar-refractivity contribution in [3.63, 3.8) is 0 Å². The van der Waals surface area contributed by atoms with Gasteiger partial charge in [-0.1, -0.05) is 36.7 Å². The van der Waals surface area contributed by atoms with Gasteiger partial charge in [-0.15, -0.1) is 11.6 Å². The molecule has 0 saturated heterocycles. The Balaban J connectivity index is 2.31. The lowest BCUT2D eigenvalue weighted by molar-refractivity contribution is 0.317. The highest BCUT2D eigenvalue weighted by Crippen LogP contribution is 2.34. The Labute approximate surface area is 136 Å². The van der Waals surface area contributed by atoms with Crippen LogP contribution in [0.4, 0.5) is 0 Å². The Morgan fingerprint density at radius 3 is 2.57 bits per heavy atom. The van der Waals surface area contributed by atoms with E-state index in [1.165, 1.54) is 0 Å². The van der Waals surface area contributed by atoms with E-state index in [1.54, 1.807) is 0 Å². The Morgan fingerprint density at radius 1 is 1.10 bits per heavy atom. The van der Waals surface area contributed by atoms with E-state index < -0.39 is 0 Å². The Hall–Kier alpha value is -1.18. The molecule has 1 nitrogen and oxygen atoms in total. The summed E-state index contributed by atoms with van der Waals surface area (Å²) in [7, 11) is 0. The van der Waals surface area contributed by atoms with Gasteiger partial charge in [0.15, 0.2) is 0 Å². The number of hydrogen-bond acceptors (Lipinski definition) is 1. The molecule has 1 atom stereocenters. The molecule has 0 bridgehead atoms. The molecule has 0 spiro atoms. The summed E-state index contributed by atoms with van der Waals surface area (Å²) in [6.07, 6.45) is 0.990. The zero-order valence-electron chi connectivity index (χ0n) is 12.6. The molecule has 0 amide bonds. The van der Waals surface area contributed by atoms with Crippen molar-refractivity contribution in [2.24, 2.45) is 0 Å². The monoisotopic (exact) mass is 322 g/mol. The first kappa shape index (κ1) is 16.2. The van der Waals surface area contributed by atoms with Gasteiger partial charge in [0.25, 0.3) is 0 Å². The predicted molar refractivity (Wildman–Crippen MR) is 90.9 cm³/mol. The molecule has 0 aliphatic heterocycles. The second kappa shape index (κ2) is 7.20. The summed E-state index contributed by atoms with van der Waals surface area (Å²) in [6, 6.07) is 12.0. The minimum Gasteiger partial charge on any atom is -0.494 e. The molecule has 0 aliphatic carbocycles. The molecular formula is C18H20Cl2O. The average Bonchev–Trinajstić information content (AvgIpc) is 2.48. The van der Waals surface area contributed by atoms with Crippen LogP contribution in [0.5, 0.6) is 5.75 Å². The van der Waals surface area contributed by atoms with Crippen LogP contribution in [-0.2, 0) is 0 Å². The summed E-state index contributed by atoms with van der Waals surface area (Å²) in [5, 5.41) is 0.575. The molecule has 21 heavy (non-hydrogen) atoms. The van der Waals surface area contributed by atoms with E-state index in [0.717, 1.165) is 46.1 Å². The zero-order valence-corrected chi connectivity index (χ0v) is 14.1. The molecule has 0 heterocycles. The minimum atomic E-state index is -0.203. The van der Waals surface area contributed by atoms with Gasteiger partial charge < -0.3 is 4.74 Å². The average molecular weight is 323 g/mol. The molecule has 2 rings (SSSR count). The molecule has 2 aromatic carbocycles. The standard InChI is InChI=1S/C18H20Cl2O/c1-4-8-21-15-7-5-6-14(11-15)18(20)16-9-13(3)17(19)10-12(16)2/h5-7,9-11,18H,4,8H2,1-3H3. The lowest BCUT2D eigenvalue weighted by Crippen LogP contribution is -2.00. The second-order valence-electron chi connectivity index (χ2n) is 5.24. The van der Waals surface area contributed by atoms with Gasteiger partial charge in [0.1, 0.15) is 5.75 Å². The molecule has 3 heteroatoms. The summed E-state index contributed by atoms with van der Waals surface area (Å²) in [5.74, 6) is 0.864.